The number of carbonyl (C=O) groups excluding carboxylic acids is 1. The van der Waals surface area contributed by atoms with Crippen LogP contribution in [-0.4, -0.2) is 18.9 Å². The van der Waals surface area contributed by atoms with Gasteiger partial charge in [-0.15, -0.1) is 0 Å². The van der Waals surface area contributed by atoms with Crippen molar-refractivity contribution in [2.45, 2.75) is 13.8 Å². The third-order valence-electron chi connectivity index (χ3n) is 1.87. The number of primary amides is 1. The molecule has 0 aliphatic heterocycles. The Morgan fingerprint density at radius 2 is 2.24 bits per heavy atom. The molecule has 0 aliphatic rings. The Balaban J connectivity index is 2.70. The predicted molar refractivity (Wildman–Crippen MR) is 67.1 cm³/mol. The van der Waals surface area contributed by atoms with Gasteiger partial charge in [0.05, 0.1) is 12.8 Å². The Morgan fingerprint density at radius 3 is 2.88 bits per heavy atom. The minimum atomic E-state index is -0.693. The molecule has 0 bridgehead atoms. The highest BCUT2D eigenvalue weighted by molar-refractivity contribution is 5.84. The van der Waals surface area contributed by atoms with E-state index < -0.39 is 6.03 Å². The smallest absolute Gasteiger partial charge is 0.332 e. The molecule has 0 atom stereocenters. The lowest BCUT2D eigenvalue weighted by atomic mass is 10.2. The summed E-state index contributed by atoms with van der Waals surface area (Å²) in [6.45, 7) is 4.78. The molecule has 0 unspecified atom stereocenters. The molecule has 3 N–H and O–H groups in total. The molecule has 17 heavy (non-hydrogen) atoms. The molecular formula is C12H17N3O2. The number of rotatable bonds is 5. The first-order valence-electron chi connectivity index (χ1n) is 5.40. The van der Waals surface area contributed by atoms with Gasteiger partial charge in [0.25, 0.3) is 0 Å². The van der Waals surface area contributed by atoms with Crippen LogP contribution in [0.4, 0.5) is 4.79 Å². The van der Waals surface area contributed by atoms with Gasteiger partial charge in [-0.25, -0.2) is 10.2 Å². The number of hydrazone groups is 1. The molecule has 1 aromatic rings. The number of carbonyl (C=O) groups is 1. The molecule has 0 aliphatic carbocycles. The first-order valence-corrected chi connectivity index (χ1v) is 5.40. The third-order valence-corrected chi connectivity index (χ3v) is 1.87. The molecule has 0 radical (unpaired) electrons. The number of nitrogens with two attached hydrogens (primary N) is 1. The zero-order chi connectivity index (χ0) is 12.7. The SMILES string of the molecule is CC(C)COc1ccccc1/C=N/NC(N)=O. The Morgan fingerprint density at radius 1 is 1.53 bits per heavy atom. The van der Waals surface area contributed by atoms with E-state index in [0.29, 0.717) is 12.5 Å². The maximum absolute atomic E-state index is 10.5. The number of urea groups is 1. The van der Waals surface area contributed by atoms with E-state index in [9.17, 15) is 4.79 Å². The van der Waals surface area contributed by atoms with Crippen LogP contribution in [0.2, 0.25) is 0 Å². The fraction of sp³-hybridized carbons (Fsp3) is 0.333. The molecule has 0 spiro atoms. The van der Waals surface area contributed by atoms with Crippen LogP contribution in [-0.2, 0) is 0 Å². The molecule has 5 heteroatoms. The van der Waals surface area contributed by atoms with Crippen LogP contribution in [0.1, 0.15) is 19.4 Å². The predicted octanol–water partition coefficient (Wildman–Crippen LogP) is 1.72. The summed E-state index contributed by atoms with van der Waals surface area (Å²) < 4.78 is 5.62. The number of ether oxygens (including phenoxy) is 1. The Hall–Kier alpha value is -2.04. The van der Waals surface area contributed by atoms with E-state index in [0.717, 1.165) is 11.3 Å². The van der Waals surface area contributed by atoms with Gasteiger partial charge in [-0.3, -0.25) is 0 Å². The van der Waals surface area contributed by atoms with E-state index in [4.69, 9.17) is 10.5 Å². The van der Waals surface area contributed by atoms with Crippen molar-refractivity contribution in [3.63, 3.8) is 0 Å². The molecule has 0 saturated heterocycles. The van der Waals surface area contributed by atoms with E-state index in [2.05, 4.69) is 24.4 Å². The van der Waals surface area contributed by atoms with Crippen LogP contribution >= 0.6 is 0 Å². The van der Waals surface area contributed by atoms with Crippen LogP contribution in [0.5, 0.6) is 5.75 Å². The van der Waals surface area contributed by atoms with Gasteiger partial charge in [0.1, 0.15) is 5.75 Å². The second kappa shape index (κ2) is 6.52. The fourth-order valence-electron chi connectivity index (χ4n) is 1.14. The Bertz CT molecular complexity index is 402. The van der Waals surface area contributed by atoms with Gasteiger partial charge in [-0.1, -0.05) is 26.0 Å². The van der Waals surface area contributed by atoms with Crippen LogP contribution in [0.3, 0.4) is 0 Å². The molecular weight excluding hydrogens is 218 g/mol. The molecule has 0 fully saturated rings. The highest BCUT2D eigenvalue weighted by Gasteiger charge is 2.01. The van der Waals surface area contributed by atoms with Crippen molar-refractivity contribution in [1.82, 2.24) is 5.43 Å². The minimum Gasteiger partial charge on any atom is -0.493 e. The topological polar surface area (TPSA) is 76.7 Å². The normalized spacial score (nSPS) is 10.8. The lowest BCUT2D eigenvalue weighted by Gasteiger charge is -2.10. The largest absolute Gasteiger partial charge is 0.493 e. The zero-order valence-electron chi connectivity index (χ0n) is 10.0. The highest BCUT2D eigenvalue weighted by Crippen LogP contribution is 2.16. The minimum absolute atomic E-state index is 0.448. The quantitative estimate of drug-likeness (QED) is 0.602. The number of benzene rings is 1. The molecule has 5 nitrogen and oxygen atoms in total. The van der Waals surface area contributed by atoms with Gasteiger partial charge in [0.15, 0.2) is 0 Å². The van der Waals surface area contributed by atoms with Crippen molar-refractivity contribution in [3.05, 3.63) is 29.8 Å². The van der Waals surface area contributed by atoms with E-state index in [1.54, 1.807) is 0 Å². The summed E-state index contributed by atoms with van der Waals surface area (Å²) in [5.74, 6) is 1.18. The van der Waals surface area contributed by atoms with Crippen molar-refractivity contribution in [2.75, 3.05) is 6.61 Å². The standard InChI is InChI=1S/C12H17N3O2/c1-9(2)8-17-11-6-4-3-5-10(11)7-14-15-12(13)16/h3-7,9H,8H2,1-2H3,(H3,13,15,16)/b14-7+. The number of amides is 2. The molecule has 1 rings (SSSR count). The van der Waals surface area contributed by atoms with Crippen molar-refractivity contribution >= 4 is 12.2 Å². The first kappa shape index (κ1) is 13.0. The van der Waals surface area contributed by atoms with E-state index in [1.807, 2.05) is 24.3 Å². The van der Waals surface area contributed by atoms with Gasteiger partial charge >= 0.3 is 6.03 Å². The summed E-state index contributed by atoms with van der Waals surface area (Å²) in [7, 11) is 0. The maximum atomic E-state index is 10.5. The van der Waals surface area contributed by atoms with Gasteiger partial charge < -0.3 is 10.5 Å². The van der Waals surface area contributed by atoms with Gasteiger partial charge in [0, 0.05) is 5.56 Å². The number of nitrogens with one attached hydrogen (secondary N) is 1. The lowest BCUT2D eigenvalue weighted by Crippen LogP contribution is -2.24. The van der Waals surface area contributed by atoms with E-state index in [-0.39, 0.29) is 0 Å². The summed E-state index contributed by atoms with van der Waals surface area (Å²) in [6.07, 6.45) is 1.50. The summed E-state index contributed by atoms with van der Waals surface area (Å²) in [4.78, 5) is 10.5. The van der Waals surface area contributed by atoms with E-state index >= 15 is 0 Å². The van der Waals surface area contributed by atoms with Crippen LogP contribution in [0, 0.1) is 5.92 Å². The van der Waals surface area contributed by atoms with Gasteiger partial charge in [0.2, 0.25) is 0 Å². The van der Waals surface area contributed by atoms with Gasteiger partial charge in [-0.2, -0.15) is 5.10 Å². The average Bonchev–Trinajstić information content (AvgIpc) is 2.27. The van der Waals surface area contributed by atoms with Crippen LogP contribution in [0.15, 0.2) is 29.4 Å². The number of nitrogens with zero attached hydrogens (tertiary/aromatic N) is 1. The highest BCUT2D eigenvalue weighted by atomic mass is 16.5. The molecule has 0 heterocycles. The molecule has 1 aromatic carbocycles. The Kier molecular flexibility index (Phi) is 5.00. The summed E-state index contributed by atoms with van der Waals surface area (Å²) >= 11 is 0. The van der Waals surface area contributed by atoms with Crippen molar-refractivity contribution in [1.29, 1.82) is 0 Å². The maximum Gasteiger partial charge on any atom is 0.332 e. The van der Waals surface area contributed by atoms with Gasteiger partial charge in [-0.05, 0) is 18.1 Å². The van der Waals surface area contributed by atoms with Crippen molar-refractivity contribution in [3.8, 4) is 5.75 Å². The second-order valence-corrected chi connectivity index (χ2v) is 3.98. The van der Waals surface area contributed by atoms with Crippen molar-refractivity contribution < 1.29 is 9.53 Å². The van der Waals surface area contributed by atoms with Crippen LogP contribution < -0.4 is 15.9 Å². The molecule has 92 valence electrons. The third kappa shape index (κ3) is 5.01. The number of hydrogen-bond acceptors (Lipinski definition) is 3. The first-order chi connectivity index (χ1) is 8.09. The lowest BCUT2D eigenvalue weighted by molar-refractivity contribution is 0.249. The van der Waals surface area contributed by atoms with E-state index in [1.165, 1.54) is 6.21 Å². The fourth-order valence-corrected chi connectivity index (χ4v) is 1.14. The monoisotopic (exact) mass is 235 g/mol. The molecule has 0 aromatic heterocycles. The van der Waals surface area contributed by atoms with Crippen LogP contribution in [0.25, 0.3) is 0 Å². The number of hydrogen-bond donors (Lipinski definition) is 2. The Labute approximate surface area is 101 Å². The zero-order valence-corrected chi connectivity index (χ0v) is 10.0. The summed E-state index contributed by atoms with van der Waals surface area (Å²) in [5, 5.41) is 3.70. The second-order valence-electron chi connectivity index (χ2n) is 3.98. The molecule has 0 saturated carbocycles. The summed E-state index contributed by atoms with van der Waals surface area (Å²) in [6, 6.07) is 6.76. The number of para-hydroxylation sites is 1. The molecule has 2 amide bonds. The average molecular weight is 235 g/mol. The van der Waals surface area contributed by atoms with Crippen molar-refractivity contribution in [2.24, 2.45) is 16.8 Å². The summed E-state index contributed by atoms with van der Waals surface area (Å²) in [5.41, 5.74) is 7.83.